The lowest BCUT2D eigenvalue weighted by atomic mass is 10.1. The van der Waals surface area contributed by atoms with Crippen LogP contribution in [-0.4, -0.2) is 22.4 Å². The number of nitrogens with zero attached hydrogens (tertiary/aromatic N) is 2. The Morgan fingerprint density at radius 3 is 2.67 bits per heavy atom. The first-order valence-corrected chi connectivity index (χ1v) is 7.51. The number of benzene rings is 1. The molecule has 5 nitrogen and oxygen atoms in total. The predicted octanol–water partition coefficient (Wildman–Crippen LogP) is 3.16. The van der Waals surface area contributed by atoms with Crippen LogP contribution in [0, 0.1) is 0 Å². The molecule has 1 aromatic heterocycles. The van der Waals surface area contributed by atoms with Crippen LogP contribution in [0.1, 0.15) is 35.9 Å². The predicted molar refractivity (Wildman–Crippen MR) is 86.2 cm³/mol. The Labute approximate surface area is 132 Å². The lowest BCUT2D eigenvalue weighted by Crippen LogP contribution is -2.27. The Hall–Kier alpha value is -1.95. The molecule has 1 aromatic carbocycles. The van der Waals surface area contributed by atoms with Crippen molar-refractivity contribution in [2.75, 3.05) is 11.9 Å². The third-order valence-corrected chi connectivity index (χ3v) is 3.47. The third-order valence-electron chi connectivity index (χ3n) is 2.94. The number of aromatic nitrogens is 2. The fourth-order valence-corrected chi connectivity index (χ4v) is 2.11. The Bertz CT molecular complexity index is 615. The Kier molecular flexibility index (Phi) is 5.27. The number of rotatable bonds is 5. The van der Waals surface area contributed by atoms with E-state index in [0.717, 1.165) is 16.6 Å². The first-order valence-electron chi connectivity index (χ1n) is 6.72. The minimum Gasteiger partial charge on any atom is -0.369 e. The van der Waals surface area contributed by atoms with Gasteiger partial charge < -0.3 is 10.6 Å². The van der Waals surface area contributed by atoms with E-state index in [9.17, 15) is 4.79 Å². The van der Waals surface area contributed by atoms with Crippen molar-refractivity contribution in [3.63, 3.8) is 0 Å². The number of nitrogens with one attached hydrogen (secondary N) is 2. The molecule has 2 aromatic rings. The van der Waals surface area contributed by atoms with Crippen molar-refractivity contribution in [1.29, 1.82) is 0 Å². The first-order chi connectivity index (χ1) is 10.1. The van der Waals surface area contributed by atoms with Gasteiger partial charge in [-0.05, 0) is 31.5 Å². The van der Waals surface area contributed by atoms with E-state index in [1.165, 1.54) is 6.20 Å². The molecular formula is C15H17BrN4O. The summed E-state index contributed by atoms with van der Waals surface area (Å²) in [5.41, 5.74) is 1.33. The summed E-state index contributed by atoms with van der Waals surface area (Å²) in [6, 6.07) is 7.73. The van der Waals surface area contributed by atoms with Gasteiger partial charge in [-0.1, -0.05) is 28.1 Å². The summed E-state index contributed by atoms with van der Waals surface area (Å²) in [6.45, 7) is 4.63. The van der Waals surface area contributed by atoms with Gasteiger partial charge in [0.2, 0.25) is 0 Å². The number of hydrogen-bond donors (Lipinski definition) is 2. The molecule has 0 radical (unpaired) electrons. The van der Waals surface area contributed by atoms with Crippen molar-refractivity contribution < 1.29 is 4.79 Å². The van der Waals surface area contributed by atoms with Crippen LogP contribution in [0.2, 0.25) is 0 Å². The SMILES string of the molecule is CCNc1cncc(C(=O)NC(C)c2ccc(Br)cc2)n1. The fraction of sp³-hybridized carbons (Fsp3) is 0.267. The van der Waals surface area contributed by atoms with Crippen molar-refractivity contribution in [2.45, 2.75) is 19.9 Å². The second kappa shape index (κ2) is 7.17. The van der Waals surface area contributed by atoms with Gasteiger partial charge >= 0.3 is 0 Å². The highest BCUT2D eigenvalue weighted by molar-refractivity contribution is 9.10. The Balaban J connectivity index is 2.06. The first kappa shape index (κ1) is 15.4. The summed E-state index contributed by atoms with van der Waals surface area (Å²) >= 11 is 3.39. The van der Waals surface area contributed by atoms with Gasteiger partial charge in [0.05, 0.1) is 18.4 Å². The molecule has 2 rings (SSSR count). The van der Waals surface area contributed by atoms with Crippen LogP contribution < -0.4 is 10.6 Å². The van der Waals surface area contributed by atoms with Gasteiger partial charge in [-0.2, -0.15) is 0 Å². The quantitative estimate of drug-likeness (QED) is 0.870. The molecule has 1 unspecified atom stereocenters. The number of anilines is 1. The van der Waals surface area contributed by atoms with Gasteiger partial charge in [-0.3, -0.25) is 9.78 Å². The van der Waals surface area contributed by atoms with Crippen molar-refractivity contribution in [1.82, 2.24) is 15.3 Å². The van der Waals surface area contributed by atoms with E-state index in [2.05, 4.69) is 36.5 Å². The molecule has 1 atom stereocenters. The maximum atomic E-state index is 12.2. The highest BCUT2D eigenvalue weighted by atomic mass is 79.9. The minimum atomic E-state index is -0.238. The molecule has 2 N–H and O–H groups in total. The lowest BCUT2D eigenvalue weighted by Gasteiger charge is -2.14. The van der Waals surface area contributed by atoms with E-state index >= 15 is 0 Å². The zero-order valence-electron chi connectivity index (χ0n) is 11.9. The Morgan fingerprint density at radius 2 is 2.00 bits per heavy atom. The van der Waals surface area contributed by atoms with Crippen LogP contribution in [0.3, 0.4) is 0 Å². The fourth-order valence-electron chi connectivity index (χ4n) is 1.85. The smallest absolute Gasteiger partial charge is 0.272 e. The second-order valence-electron chi connectivity index (χ2n) is 4.57. The molecular weight excluding hydrogens is 332 g/mol. The molecule has 0 aliphatic rings. The maximum absolute atomic E-state index is 12.2. The third kappa shape index (κ3) is 4.26. The topological polar surface area (TPSA) is 66.9 Å². The van der Waals surface area contributed by atoms with Crippen LogP contribution in [0.15, 0.2) is 41.1 Å². The molecule has 6 heteroatoms. The van der Waals surface area contributed by atoms with Crippen LogP contribution in [0.4, 0.5) is 5.82 Å². The standard InChI is InChI=1S/C15H17BrN4O/c1-3-18-14-9-17-8-13(20-14)15(21)19-10(2)11-4-6-12(16)7-5-11/h4-10H,3H2,1-2H3,(H,18,20)(H,19,21). The number of hydrogen-bond acceptors (Lipinski definition) is 4. The number of carbonyl (C=O) groups is 1. The Morgan fingerprint density at radius 1 is 1.29 bits per heavy atom. The summed E-state index contributed by atoms with van der Waals surface area (Å²) in [4.78, 5) is 20.5. The van der Waals surface area contributed by atoms with E-state index < -0.39 is 0 Å². The van der Waals surface area contributed by atoms with Gasteiger partial charge in [-0.25, -0.2) is 4.98 Å². The summed E-state index contributed by atoms with van der Waals surface area (Å²) in [6.07, 6.45) is 3.06. The molecule has 0 aliphatic heterocycles. The van der Waals surface area contributed by atoms with Gasteiger partial charge in [0.25, 0.3) is 5.91 Å². The maximum Gasteiger partial charge on any atom is 0.272 e. The summed E-state index contributed by atoms with van der Waals surface area (Å²) in [7, 11) is 0. The van der Waals surface area contributed by atoms with Crippen LogP contribution in [-0.2, 0) is 0 Å². The average Bonchev–Trinajstić information content (AvgIpc) is 2.48. The van der Waals surface area contributed by atoms with Crippen molar-refractivity contribution in [3.8, 4) is 0 Å². The molecule has 0 fully saturated rings. The normalized spacial score (nSPS) is 11.8. The largest absolute Gasteiger partial charge is 0.369 e. The van der Waals surface area contributed by atoms with Crippen molar-refractivity contribution >= 4 is 27.7 Å². The molecule has 0 spiro atoms. The minimum absolute atomic E-state index is 0.102. The van der Waals surface area contributed by atoms with Crippen LogP contribution in [0.25, 0.3) is 0 Å². The van der Waals surface area contributed by atoms with Crippen LogP contribution >= 0.6 is 15.9 Å². The highest BCUT2D eigenvalue weighted by Crippen LogP contribution is 2.16. The molecule has 21 heavy (non-hydrogen) atoms. The van der Waals surface area contributed by atoms with Gasteiger partial charge in [0, 0.05) is 11.0 Å². The number of halogens is 1. The van der Waals surface area contributed by atoms with E-state index in [0.29, 0.717) is 11.5 Å². The molecule has 0 bridgehead atoms. The lowest BCUT2D eigenvalue weighted by molar-refractivity contribution is 0.0934. The summed E-state index contributed by atoms with van der Waals surface area (Å²) in [5, 5.41) is 5.95. The molecule has 0 aliphatic carbocycles. The highest BCUT2D eigenvalue weighted by Gasteiger charge is 2.13. The molecule has 110 valence electrons. The van der Waals surface area contributed by atoms with E-state index in [-0.39, 0.29) is 11.9 Å². The van der Waals surface area contributed by atoms with Gasteiger partial charge in [0.1, 0.15) is 11.5 Å². The molecule has 1 heterocycles. The van der Waals surface area contributed by atoms with Gasteiger partial charge in [0.15, 0.2) is 0 Å². The van der Waals surface area contributed by atoms with Crippen LogP contribution in [0.5, 0.6) is 0 Å². The van der Waals surface area contributed by atoms with E-state index in [4.69, 9.17) is 0 Å². The summed E-state index contributed by atoms with van der Waals surface area (Å²) in [5.74, 6) is 0.360. The zero-order valence-corrected chi connectivity index (χ0v) is 13.5. The summed E-state index contributed by atoms with van der Waals surface area (Å²) < 4.78 is 1.01. The van der Waals surface area contributed by atoms with Gasteiger partial charge in [-0.15, -0.1) is 0 Å². The average molecular weight is 349 g/mol. The monoisotopic (exact) mass is 348 g/mol. The second-order valence-corrected chi connectivity index (χ2v) is 5.48. The van der Waals surface area contributed by atoms with Crippen molar-refractivity contribution in [3.05, 3.63) is 52.4 Å². The number of carbonyl (C=O) groups excluding carboxylic acids is 1. The van der Waals surface area contributed by atoms with E-state index in [1.807, 2.05) is 38.1 Å². The van der Waals surface area contributed by atoms with E-state index in [1.54, 1.807) is 6.20 Å². The van der Waals surface area contributed by atoms with Crippen molar-refractivity contribution in [2.24, 2.45) is 0 Å². The molecule has 0 saturated carbocycles. The number of amides is 1. The zero-order chi connectivity index (χ0) is 15.2. The molecule has 1 amide bonds. The molecule has 0 saturated heterocycles.